The molecule has 0 radical (unpaired) electrons. The van der Waals surface area contributed by atoms with E-state index in [4.69, 9.17) is 5.73 Å². The number of hydrogen-bond acceptors (Lipinski definition) is 5. The Labute approximate surface area is 98.0 Å². The van der Waals surface area contributed by atoms with Gasteiger partial charge < -0.3 is 10.5 Å². The molecule has 6 heteroatoms. The Morgan fingerprint density at radius 3 is 2.76 bits per heavy atom. The highest BCUT2D eigenvalue weighted by Crippen LogP contribution is 2.18. The van der Waals surface area contributed by atoms with Crippen LogP contribution in [0.25, 0.3) is 5.69 Å². The molecule has 0 aliphatic rings. The molecule has 0 saturated heterocycles. The molecular formula is C11H12N4O2. The van der Waals surface area contributed by atoms with E-state index in [1.165, 1.54) is 11.8 Å². The highest BCUT2D eigenvalue weighted by atomic mass is 16.5. The fourth-order valence-corrected chi connectivity index (χ4v) is 1.51. The predicted molar refractivity (Wildman–Crippen MR) is 61.8 cm³/mol. The monoisotopic (exact) mass is 232 g/mol. The Bertz CT molecular complexity index is 562. The predicted octanol–water partition coefficient (Wildman–Crippen LogP) is 0.945. The van der Waals surface area contributed by atoms with Crippen molar-refractivity contribution >= 4 is 11.8 Å². The molecular weight excluding hydrogens is 220 g/mol. The van der Waals surface area contributed by atoms with Crippen molar-refractivity contribution in [3.8, 4) is 5.69 Å². The zero-order chi connectivity index (χ0) is 12.4. The number of anilines is 1. The van der Waals surface area contributed by atoms with E-state index in [0.29, 0.717) is 0 Å². The van der Waals surface area contributed by atoms with Gasteiger partial charge in [-0.1, -0.05) is 23.4 Å². The summed E-state index contributed by atoms with van der Waals surface area (Å²) in [6, 6.07) is 7.55. The van der Waals surface area contributed by atoms with Crippen LogP contribution in [0.3, 0.4) is 0 Å². The zero-order valence-corrected chi connectivity index (χ0v) is 9.54. The van der Waals surface area contributed by atoms with Gasteiger partial charge in [-0.05, 0) is 18.6 Å². The smallest absolute Gasteiger partial charge is 0.362 e. The van der Waals surface area contributed by atoms with Crippen LogP contribution < -0.4 is 5.73 Å². The van der Waals surface area contributed by atoms with Gasteiger partial charge in [0.2, 0.25) is 5.69 Å². The lowest BCUT2D eigenvalue weighted by Crippen LogP contribution is -2.08. The first-order valence-corrected chi connectivity index (χ1v) is 5.00. The van der Waals surface area contributed by atoms with Gasteiger partial charge in [-0.25, -0.2) is 4.79 Å². The first kappa shape index (κ1) is 11.1. The number of ether oxygens (including phenoxy) is 1. The second-order valence-corrected chi connectivity index (χ2v) is 3.51. The van der Waals surface area contributed by atoms with E-state index in [9.17, 15) is 4.79 Å². The lowest BCUT2D eigenvalue weighted by Gasteiger charge is -2.05. The molecule has 2 rings (SSSR count). The Kier molecular flexibility index (Phi) is 2.78. The summed E-state index contributed by atoms with van der Waals surface area (Å²) >= 11 is 0. The number of benzene rings is 1. The largest absolute Gasteiger partial charge is 0.464 e. The number of methoxy groups -OCH3 is 1. The molecule has 0 atom stereocenters. The third-order valence-corrected chi connectivity index (χ3v) is 2.43. The Morgan fingerprint density at radius 1 is 1.41 bits per heavy atom. The number of esters is 1. The fourth-order valence-electron chi connectivity index (χ4n) is 1.51. The molecule has 0 aliphatic carbocycles. The molecule has 0 unspecified atom stereocenters. The fraction of sp³-hybridized carbons (Fsp3) is 0.182. The molecule has 0 amide bonds. The maximum Gasteiger partial charge on any atom is 0.362 e. The SMILES string of the molecule is COC(=O)c1nnn(-c2ccccc2C)c1N. The standard InChI is InChI=1S/C11H12N4O2/c1-7-5-3-4-6-8(7)15-10(12)9(13-14-15)11(16)17-2/h3-6H,12H2,1-2H3. The quantitative estimate of drug-likeness (QED) is 0.779. The van der Waals surface area contributed by atoms with Crippen LogP contribution in [0.4, 0.5) is 5.82 Å². The minimum absolute atomic E-state index is 0.0238. The summed E-state index contributed by atoms with van der Waals surface area (Å²) in [5.74, 6) is -0.423. The number of hydrogen-bond donors (Lipinski definition) is 1. The summed E-state index contributed by atoms with van der Waals surface area (Å²) in [6.07, 6.45) is 0. The second kappa shape index (κ2) is 4.25. The van der Waals surface area contributed by atoms with Crippen molar-refractivity contribution < 1.29 is 9.53 Å². The number of nitrogens with two attached hydrogens (primary N) is 1. The van der Waals surface area contributed by atoms with Crippen LogP contribution in [0.5, 0.6) is 0 Å². The van der Waals surface area contributed by atoms with Crippen LogP contribution in [-0.4, -0.2) is 28.1 Å². The molecule has 88 valence electrons. The molecule has 6 nitrogen and oxygen atoms in total. The van der Waals surface area contributed by atoms with Crippen LogP contribution in [0.15, 0.2) is 24.3 Å². The van der Waals surface area contributed by atoms with Crippen LogP contribution in [-0.2, 0) is 4.74 Å². The van der Waals surface area contributed by atoms with Crippen molar-refractivity contribution in [1.29, 1.82) is 0 Å². The lowest BCUT2D eigenvalue weighted by atomic mass is 10.2. The molecule has 1 heterocycles. The van der Waals surface area contributed by atoms with E-state index in [0.717, 1.165) is 11.3 Å². The highest BCUT2D eigenvalue weighted by Gasteiger charge is 2.19. The normalized spacial score (nSPS) is 10.2. The van der Waals surface area contributed by atoms with Gasteiger partial charge in [0.05, 0.1) is 12.8 Å². The molecule has 0 bridgehead atoms. The minimum atomic E-state index is -0.595. The van der Waals surface area contributed by atoms with Crippen molar-refractivity contribution in [2.75, 3.05) is 12.8 Å². The number of para-hydroxylation sites is 1. The van der Waals surface area contributed by atoms with E-state index in [-0.39, 0.29) is 11.5 Å². The molecule has 17 heavy (non-hydrogen) atoms. The van der Waals surface area contributed by atoms with Crippen LogP contribution in [0, 0.1) is 6.92 Å². The zero-order valence-electron chi connectivity index (χ0n) is 9.54. The minimum Gasteiger partial charge on any atom is -0.464 e. The summed E-state index contributed by atoms with van der Waals surface area (Å²) < 4.78 is 5.98. The van der Waals surface area contributed by atoms with E-state index in [1.807, 2.05) is 31.2 Å². The van der Waals surface area contributed by atoms with Gasteiger partial charge >= 0.3 is 5.97 Å². The van der Waals surface area contributed by atoms with E-state index < -0.39 is 5.97 Å². The molecule has 2 N–H and O–H groups in total. The van der Waals surface area contributed by atoms with Crippen molar-refractivity contribution in [2.45, 2.75) is 6.92 Å². The second-order valence-electron chi connectivity index (χ2n) is 3.51. The summed E-state index contributed by atoms with van der Waals surface area (Å²) in [5, 5.41) is 7.57. The van der Waals surface area contributed by atoms with Crippen LogP contribution in [0.1, 0.15) is 16.1 Å². The van der Waals surface area contributed by atoms with Gasteiger partial charge in [-0.3, -0.25) is 0 Å². The van der Waals surface area contributed by atoms with Gasteiger partial charge in [0.25, 0.3) is 0 Å². The first-order chi connectivity index (χ1) is 8.15. The average molecular weight is 232 g/mol. The van der Waals surface area contributed by atoms with Crippen LogP contribution in [0.2, 0.25) is 0 Å². The number of nitrogen functional groups attached to an aromatic ring is 1. The van der Waals surface area contributed by atoms with Gasteiger partial charge in [0.15, 0.2) is 5.82 Å². The maximum absolute atomic E-state index is 11.3. The van der Waals surface area contributed by atoms with E-state index >= 15 is 0 Å². The van der Waals surface area contributed by atoms with Gasteiger partial charge in [-0.2, -0.15) is 4.68 Å². The number of carbonyl (C=O) groups excluding carboxylic acids is 1. The lowest BCUT2D eigenvalue weighted by molar-refractivity contribution is 0.0595. The Balaban J connectivity index is 2.52. The summed E-state index contributed by atoms with van der Waals surface area (Å²) in [5.41, 5.74) is 7.61. The van der Waals surface area contributed by atoms with E-state index in [1.54, 1.807) is 0 Å². The Morgan fingerprint density at radius 2 is 2.12 bits per heavy atom. The Hall–Kier alpha value is -2.37. The van der Waals surface area contributed by atoms with Crippen LogP contribution >= 0.6 is 0 Å². The molecule has 0 saturated carbocycles. The first-order valence-electron chi connectivity index (χ1n) is 5.00. The molecule has 1 aromatic carbocycles. The molecule has 0 aliphatic heterocycles. The maximum atomic E-state index is 11.3. The van der Waals surface area contributed by atoms with Gasteiger partial charge in [0, 0.05) is 0 Å². The van der Waals surface area contributed by atoms with Crippen molar-refractivity contribution in [3.05, 3.63) is 35.5 Å². The number of rotatable bonds is 2. The van der Waals surface area contributed by atoms with Crippen molar-refractivity contribution in [1.82, 2.24) is 15.0 Å². The van der Waals surface area contributed by atoms with E-state index in [2.05, 4.69) is 15.0 Å². The molecule has 0 spiro atoms. The number of aryl methyl sites for hydroxylation is 1. The van der Waals surface area contributed by atoms with Gasteiger partial charge in [-0.15, -0.1) is 5.10 Å². The van der Waals surface area contributed by atoms with Crippen molar-refractivity contribution in [3.63, 3.8) is 0 Å². The van der Waals surface area contributed by atoms with Crippen molar-refractivity contribution in [2.24, 2.45) is 0 Å². The molecule has 1 aromatic heterocycles. The van der Waals surface area contributed by atoms with Gasteiger partial charge in [0.1, 0.15) is 0 Å². The number of aromatic nitrogens is 3. The molecule has 0 fully saturated rings. The number of nitrogens with zero attached hydrogens (tertiary/aromatic N) is 3. The summed E-state index contributed by atoms with van der Waals surface area (Å²) in [7, 11) is 1.27. The average Bonchev–Trinajstić information content (AvgIpc) is 2.71. The third-order valence-electron chi connectivity index (χ3n) is 2.43. The highest BCUT2D eigenvalue weighted by molar-refractivity contribution is 5.92. The summed E-state index contributed by atoms with van der Waals surface area (Å²) in [6.45, 7) is 1.92. The third kappa shape index (κ3) is 1.84. The summed E-state index contributed by atoms with van der Waals surface area (Å²) in [4.78, 5) is 11.3. The molecule has 2 aromatic rings. The topological polar surface area (TPSA) is 83.0 Å². The number of carbonyl (C=O) groups is 1.